The van der Waals surface area contributed by atoms with E-state index in [4.69, 9.17) is 15.0 Å². The van der Waals surface area contributed by atoms with E-state index in [-0.39, 0.29) is 0 Å². The van der Waals surface area contributed by atoms with Crippen LogP contribution in [-0.2, 0) is 4.57 Å². The lowest BCUT2D eigenvalue weighted by molar-refractivity contribution is 0.593. The first kappa shape index (κ1) is 29.9. The molecule has 0 saturated carbocycles. The van der Waals surface area contributed by atoms with Gasteiger partial charge in [0.05, 0.1) is 0 Å². The normalized spacial score (nSPS) is 12.6. The number of aromatic nitrogens is 3. The summed E-state index contributed by atoms with van der Waals surface area (Å²) in [4.78, 5) is 14.7. The molecule has 50 heavy (non-hydrogen) atoms. The molecule has 1 aliphatic rings. The van der Waals surface area contributed by atoms with E-state index in [1.54, 1.807) is 0 Å². The Balaban J connectivity index is 1.02. The fraction of sp³-hybridized carbons (Fsp3) is 0. The van der Waals surface area contributed by atoms with Crippen molar-refractivity contribution >= 4 is 23.1 Å². The summed E-state index contributed by atoms with van der Waals surface area (Å²) in [5, 5.41) is 2.70. The maximum absolute atomic E-state index is 14.8. The summed E-state index contributed by atoms with van der Waals surface area (Å²) < 4.78 is 14.8. The number of nitrogens with zero attached hydrogens (tertiary/aromatic N) is 3. The third-order valence-electron chi connectivity index (χ3n) is 9.38. The highest BCUT2D eigenvalue weighted by molar-refractivity contribution is 7.86. The Morgan fingerprint density at radius 1 is 0.320 bits per heavy atom. The zero-order valence-electron chi connectivity index (χ0n) is 27.0. The van der Waals surface area contributed by atoms with Gasteiger partial charge in [0.1, 0.15) is 0 Å². The van der Waals surface area contributed by atoms with E-state index in [0.717, 1.165) is 66.0 Å². The van der Waals surface area contributed by atoms with E-state index in [9.17, 15) is 4.57 Å². The number of hydrogen-bond acceptors (Lipinski definition) is 4. The lowest BCUT2D eigenvalue weighted by Gasteiger charge is -2.16. The Kier molecular flexibility index (Phi) is 7.38. The van der Waals surface area contributed by atoms with Gasteiger partial charge in [0, 0.05) is 32.6 Å². The molecule has 8 aromatic rings. The molecule has 0 atom stereocenters. The molecule has 0 unspecified atom stereocenters. The Morgan fingerprint density at radius 2 is 0.700 bits per heavy atom. The fourth-order valence-corrected chi connectivity index (χ4v) is 9.90. The predicted molar refractivity (Wildman–Crippen MR) is 205 cm³/mol. The van der Waals surface area contributed by atoms with Crippen LogP contribution in [0.2, 0.25) is 0 Å². The predicted octanol–water partition coefficient (Wildman–Crippen LogP) is 9.83. The molecule has 1 aliphatic heterocycles. The average molecular weight is 660 g/mol. The van der Waals surface area contributed by atoms with Crippen LogP contribution in [0.1, 0.15) is 0 Å². The minimum Gasteiger partial charge on any atom is -0.309 e. The van der Waals surface area contributed by atoms with Crippen molar-refractivity contribution in [2.24, 2.45) is 0 Å². The Morgan fingerprint density at radius 3 is 1.22 bits per heavy atom. The molecule has 1 aromatic heterocycles. The maximum atomic E-state index is 14.8. The lowest BCUT2D eigenvalue weighted by atomic mass is 9.99. The van der Waals surface area contributed by atoms with Crippen LogP contribution in [0.3, 0.4) is 0 Å². The molecule has 0 spiro atoms. The highest BCUT2D eigenvalue weighted by atomic mass is 31.2. The summed E-state index contributed by atoms with van der Waals surface area (Å²) in [6.07, 6.45) is 0. The van der Waals surface area contributed by atoms with E-state index >= 15 is 0 Å². The van der Waals surface area contributed by atoms with Gasteiger partial charge in [0.15, 0.2) is 24.6 Å². The van der Waals surface area contributed by atoms with E-state index in [1.165, 1.54) is 0 Å². The molecule has 0 amide bonds. The van der Waals surface area contributed by atoms with Crippen molar-refractivity contribution in [1.29, 1.82) is 0 Å². The van der Waals surface area contributed by atoms with Gasteiger partial charge in [-0.05, 0) is 39.4 Å². The Labute approximate surface area is 291 Å². The van der Waals surface area contributed by atoms with Crippen LogP contribution >= 0.6 is 7.14 Å². The third-order valence-corrected chi connectivity index (χ3v) is 12.5. The smallest absolute Gasteiger partial charge is 0.172 e. The van der Waals surface area contributed by atoms with Crippen LogP contribution in [0.25, 0.3) is 67.5 Å². The first-order chi connectivity index (χ1) is 24.6. The first-order valence-electron chi connectivity index (χ1n) is 16.6. The van der Waals surface area contributed by atoms with Crippen molar-refractivity contribution in [1.82, 2.24) is 15.0 Å². The molecule has 5 heteroatoms. The molecular formula is C45H30N3OP. The zero-order valence-corrected chi connectivity index (χ0v) is 27.9. The van der Waals surface area contributed by atoms with E-state index in [1.807, 2.05) is 121 Å². The zero-order chi connectivity index (χ0) is 33.5. The summed E-state index contributed by atoms with van der Waals surface area (Å²) in [5.41, 5.74) is 9.28. The summed E-state index contributed by atoms with van der Waals surface area (Å²) in [6.45, 7) is 0. The van der Waals surface area contributed by atoms with Crippen molar-refractivity contribution in [3.63, 3.8) is 0 Å². The fourth-order valence-electron chi connectivity index (χ4n) is 6.85. The monoisotopic (exact) mass is 659 g/mol. The number of hydrogen-bond donors (Lipinski definition) is 0. The van der Waals surface area contributed by atoms with Crippen LogP contribution in [0.5, 0.6) is 0 Å². The summed E-state index contributed by atoms with van der Waals surface area (Å²) in [7, 11) is -2.95. The minimum atomic E-state index is -2.95. The highest BCUT2D eigenvalue weighted by Gasteiger charge is 2.39. The van der Waals surface area contributed by atoms with Crippen molar-refractivity contribution in [3.8, 4) is 67.5 Å². The van der Waals surface area contributed by atoms with Crippen LogP contribution < -0.4 is 15.9 Å². The molecule has 2 heterocycles. The van der Waals surface area contributed by atoms with Gasteiger partial charge in [-0.15, -0.1) is 0 Å². The van der Waals surface area contributed by atoms with Crippen molar-refractivity contribution in [2.45, 2.75) is 0 Å². The van der Waals surface area contributed by atoms with Gasteiger partial charge in [0.2, 0.25) is 0 Å². The molecule has 236 valence electrons. The van der Waals surface area contributed by atoms with E-state index in [0.29, 0.717) is 17.5 Å². The van der Waals surface area contributed by atoms with Gasteiger partial charge in [0.25, 0.3) is 0 Å². The maximum Gasteiger partial charge on any atom is 0.172 e. The van der Waals surface area contributed by atoms with Gasteiger partial charge in [-0.25, -0.2) is 15.0 Å². The molecule has 0 radical (unpaired) electrons. The minimum absolute atomic E-state index is 0.628. The van der Waals surface area contributed by atoms with Gasteiger partial charge in [-0.3, -0.25) is 0 Å². The SMILES string of the molecule is O=P1(c2ccc(-c3ccc(-c4cccc(-c5nc(-c6ccccc6)nc(-c6ccccc6)n5)c4)cc3)cc2)c2ccccc2-c2ccccc21. The van der Waals surface area contributed by atoms with Gasteiger partial charge >= 0.3 is 0 Å². The largest absolute Gasteiger partial charge is 0.309 e. The number of fused-ring (bicyclic) bond motifs is 3. The Hall–Kier alpha value is -6.22. The van der Waals surface area contributed by atoms with E-state index < -0.39 is 7.14 Å². The third kappa shape index (κ3) is 5.18. The van der Waals surface area contributed by atoms with Gasteiger partial charge in [-0.1, -0.05) is 176 Å². The second kappa shape index (κ2) is 12.3. The van der Waals surface area contributed by atoms with Crippen molar-refractivity contribution in [3.05, 3.63) is 182 Å². The second-order valence-corrected chi connectivity index (χ2v) is 15.1. The van der Waals surface area contributed by atoms with Crippen molar-refractivity contribution in [2.75, 3.05) is 0 Å². The highest BCUT2D eigenvalue weighted by Crippen LogP contribution is 2.52. The molecular weight excluding hydrogens is 629 g/mol. The number of benzene rings is 7. The lowest BCUT2D eigenvalue weighted by Crippen LogP contribution is -2.20. The Bertz CT molecular complexity index is 2440. The molecule has 0 saturated heterocycles. The summed E-state index contributed by atoms with van der Waals surface area (Å²) in [6, 6.07) is 61.4. The molecule has 9 rings (SSSR count). The summed E-state index contributed by atoms with van der Waals surface area (Å²) in [5.74, 6) is 1.91. The van der Waals surface area contributed by atoms with E-state index in [2.05, 4.69) is 60.7 Å². The van der Waals surface area contributed by atoms with Crippen molar-refractivity contribution < 1.29 is 4.57 Å². The van der Waals surface area contributed by atoms with Crippen LogP contribution in [0.4, 0.5) is 0 Å². The molecule has 4 nitrogen and oxygen atoms in total. The average Bonchev–Trinajstić information content (AvgIpc) is 3.47. The molecule has 0 aliphatic carbocycles. The quantitative estimate of drug-likeness (QED) is 0.167. The molecule has 0 N–H and O–H groups in total. The van der Waals surface area contributed by atoms with Gasteiger partial charge < -0.3 is 4.57 Å². The molecule has 7 aromatic carbocycles. The first-order valence-corrected chi connectivity index (χ1v) is 18.3. The van der Waals surface area contributed by atoms with Crippen LogP contribution in [0, 0.1) is 0 Å². The molecule has 0 bridgehead atoms. The topological polar surface area (TPSA) is 55.7 Å². The van der Waals surface area contributed by atoms with Crippen LogP contribution in [0.15, 0.2) is 182 Å². The number of rotatable bonds is 6. The van der Waals surface area contributed by atoms with Gasteiger partial charge in [-0.2, -0.15) is 0 Å². The van der Waals surface area contributed by atoms with Crippen LogP contribution in [-0.4, -0.2) is 15.0 Å². The summed E-state index contributed by atoms with van der Waals surface area (Å²) >= 11 is 0. The second-order valence-electron chi connectivity index (χ2n) is 12.4. The molecule has 0 fully saturated rings. The standard InChI is InChI=1S/C45H30N3OP/c49-50(41-20-9-7-18-39(41)40-19-8-10-21-42(40)50)38-28-26-32(27-29-38)31-22-24-33(25-23-31)36-16-11-17-37(30-36)45-47-43(34-12-3-1-4-13-34)46-44(48-45)35-14-5-2-6-15-35/h1-30H.